The van der Waals surface area contributed by atoms with Crippen LogP contribution in [0, 0.1) is 0 Å². The summed E-state index contributed by atoms with van der Waals surface area (Å²) in [6, 6.07) is 7.70. The lowest BCUT2D eigenvalue weighted by Gasteiger charge is -2.10. The Labute approximate surface area is 101 Å². The number of rotatable bonds is 2. The number of nitrogen functional groups attached to an aromatic ring is 1. The fourth-order valence-corrected chi connectivity index (χ4v) is 1.49. The standard InChI is InChI=1S/C13H17N3O/c1-13(2,3)12-15-11(17-16-12)8-9-6-4-5-7-10(9)14/h4-7H,8,14H2,1-3H3. The van der Waals surface area contributed by atoms with Crippen LogP contribution in [0.4, 0.5) is 5.69 Å². The van der Waals surface area contributed by atoms with Crippen molar-refractivity contribution in [1.82, 2.24) is 10.1 Å². The molecule has 1 aromatic heterocycles. The minimum Gasteiger partial charge on any atom is -0.398 e. The van der Waals surface area contributed by atoms with E-state index in [1.807, 2.05) is 24.3 Å². The van der Waals surface area contributed by atoms with Gasteiger partial charge < -0.3 is 10.3 Å². The third-order valence-corrected chi connectivity index (χ3v) is 2.54. The topological polar surface area (TPSA) is 64.9 Å². The van der Waals surface area contributed by atoms with Gasteiger partial charge in [0, 0.05) is 11.1 Å². The summed E-state index contributed by atoms with van der Waals surface area (Å²) in [7, 11) is 0. The van der Waals surface area contributed by atoms with Crippen molar-refractivity contribution in [2.24, 2.45) is 0 Å². The molecule has 0 fully saturated rings. The smallest absolute Gasteiger partial charge is 0.231 e. The molecule has 0 spiro atoms. The van der Waals surface area contributed by atoms with Gasteiger partial charge in [0.2, 0.25) is 5.89 Å². The molecule has 0 unspecified atom stereocenters. The van der Waals surface area contributed by atoms with Crippen LogP contribution in [-0.4, -0.2) is 10.1 Å². The van der Waals surface area contributed by atoms with E-state index in [2.05, 4.69) is 30.9 Å². The van der Waals surface area contributed by atoms with Gasteiger partial charge in [0.1, 0.15) is 0 Å². The number of para-hydroxylation sites is 1. The van der Waals surface area contributed by atoms with Crippen LogP contribution in [0.15, 0.2) is 28.8 Å². The predicted octanol–water partition coefficient (Wildman–Crippen LogP) is 2.54. The summed E-state index contributed by atoms with van der Waals surface area (Å²) >= 11 is 0. The highest BCUT2D eigenvalue weighted by Crippen LogP contribution is 2.20. The minimum atomic E-state index is -0.0933. The van der Waals surface area contributed by atoms with E-state index in [4.69, 9.17) is 10.3 Å². The van der Waals surface area contributed by atoms with Gasteiger partial charge in [0.05, 0.1) is 6.42 Å². The van der Waals surface area contributed by atoms with Crippen LogP contribution in [0.1, 0.15) is 38.0 Å². The largest absolute Gasteiger partial charge is 0.398 e. The zero-order valence-electron chi connectivity index (χ0n) is 10.4. The lowest BCUT2D eigenvalue weighted by molar-refractivity contribution is 0.368. The minimum absolute atomic E-state index is 0.0933. The molecule has 0 atom stereocenters. The van der Waals surface area contributed by atoms with Crippen molar-refractivity contribution in [2.45, 2.75) is 32.6 Å². The van der Waals surface area contributed by atoms with Gasteiger partial charge in [0.25, 0.3) is 0 Å². The first-order valence-electron chi connectivity index (χ1n) is 5.63. The first kappa shape index (κ1) is 11.6. The first-order chi connectivity index (χ1) is 7.97. The number of anilines is 1. The van der Waals surface area contributed by atoms with Crippen LogP contribution >= 0.6 is 0 Å². The average Bonchev–Trinajstić information content (AvgIpc) is 2.69. The lowest BCUT2D eigenvalue weighted by atomic mass is 9.96. The second kappa shape index (κ2) is 4.20. The third-order valence-electron chi connectivity index (χ3n) is 2.54. The van der Waals surface area contributed by atoms with Crippen LogP contribution in [0.3, 0.4) is 0 Å². The molecule has 0 aliphatic heterocycles. The van der Waals surface area contributed by atoms with E-state index in [1.165, 1.54) is 0 Å². The number of nitrogens with two attached hydrogens (primary N) is 1. The molecule has 0 amide bonds. The Kier molecular flexibility index (Phi) is 2.88. The SMILES string of the molecule is CC(C)(C)c1noc(Cc2ccccc2N)n1. The lowest BCUT2D eigenvalue weighted by Crippen LogP contribution is -2.13. The van der Waals surface area contributed by atoms with E-state index in [0.29, 0.717) is 12.3 Å². The van der Waals surface area contributed by atoms with Crippen LogP contribution in [0.2, 0.25) is 0 Å². The molecule has 4 heteroatoms. The van der Waals surface area contributed by atoms with E-state index in [9.17, 15) is 0 Å². The molecule has 1 aromatic carbocycles. The maximum Gasteiger partial charge on any atom is 0.231 e. The number of aromatic nitrogens is 2. The maximum atomic E-state index is 5.87. The highest BCUT2D eigenvalue weighted by molar-refractivity contribution is 5.47. The zero-order chi connectivity index (χ0) is 12.5. The van der Waals surface area contributed by atoms with E-state index in [0.717, 1.165) is 17.1 Å². The molecule has 0 saturated heterocycles. The Morgan fingerprint density at radius 1 is 1.24 bits per heavy atom. The summed E-state index contributed by atoms with van der Waals surface area (Å²) < 4.78 is 5.23. The summed E-state index contributed by atoms with van der Waals surface area (Å²) in [6.07, 6.45) is 0.579. The van der Waals surface area contributed by atoms with Crippen LogP contribution < -0.4 is 5.73 Å². The molecule has 90 valence electrons. The number of hydrogen-bond donors (Lipinski definition) is 1. The van der Waals surface area contributed by atoms with Crippen LogP contribution in [0.25, 0.3) is 0 Å². The van der Waals surface area contributed by atoms with Gasteiger partial charge in [-0.05, 0) is 11.6 Å². The van der Waals surface area contributed by atoms with Gasteiger partial charge >= 0.3 is 0 Å². The second-order valence-electron chi connectivity index (χ2n) is 5.14. The van der Waals surface area contributed by atoms with Gasteiger partial charge in [-0.1, -0.05) is 44.1 Å². The molecular weight excluding hydrogens is 214 g/mol. The van der Waals surface area contributed by atoms with Crippen molar-refractivity contribution in [2.75, 3.05) is 5.73 Å². The quantitative estimate of drug-likeness (QED) is 0.807. The third kappa shape index (κ3) is 2.64. The van der Waals surface area contributed by atoms with E-state index < -0.39 is 0 Å². The van der Waals surface area contributed by atoms with Crippen molar-refractivity contribution in [1.29, 1.82) is 0 Å². The van der Waals surface area contributed by atoms with Gasteiger partial charge in [-0.3, -0.25) is 0 Å². The first-order valence-corrected chi connectivity index (χ1v) is 5.63. The van der Waals surface area contributed by atoms with E-state index >= 15 is 0 Å². The van der Waals surface area contributed by atoms with Gasteiger partial charge in [-0.15, -0.1) is 0 Å². The fourth-order valence-electron chi connectivity index (χ4n) is 1.49. The Morgan fingerprint density at radius 3 is 2.53 bits per heavy atom. The summed E-state index contributed by atoms with van der Waals surface area (Å²) in [5.74, 6) is 1.33. The van der Waals surface area contributed by atoms with E-state index in [1.54, 1.807) is 0 Å². The molecule has 0 aliphatic rings. The summed E-state index contributed by atoms with van der Waals surface area (Å²) in [5.41, 5.74) is 7.54. The maximum absolute atomic E-state index is 5.87. The Morgan fingerprint density at radius 2 is 1.94 bits per heavy atom. The van der Waals surface area contributed by atoms with Crippen LogP contribution in [0.5, 0.6) is 0 Å². The van der Waals surface area contributed by atoms with Crippen molar-refractivity contribution < 1.29 is 4.52 Å². The molecule has 4 nitrogen and oxygen atoms in total. The van der Waals surface area contributed by atoms with Crippen molar-refractivity contribution in [3.05, 3.63) is 41.5 Å². The van der Waals surface area contributed by atoms with Gasteiger partial charge in [0.15, 0.2) is 5.82 Å². The molecule has 0 saturated carbocycles. The van der Waals surface area contributed by atoms with Crippen molar-refractivity contribution in [3.63, 3.8) is 0 Å². The molecule has 1 heterocycles. The molecule has 2 rings (SSSR count). The Bertz CT molecular complexity index is 511. The van der Waals surface area contributed by atoms with Gasteiger partial charge in [-0.25, -0.2) is 0 Å². The Hall–Kier alpha value is -1.84. The highest BCUT2D eigenvalue weighted by atomic mass is 16.5. The number of hydrogen-bond acceptors (Lipinski definition) is 4. The predicted molar refractivity (Wildman–Crippen MR) is 66.7 cm³/mol. The van der Waals surface area contributed by atoms with Crippen molar-refractivity contribution in [3.8, 4) is 0 Å². The average molecular weight is 231 g/mol. The molecule has 0 bridgehead atoms. The molecule has 0 aliphatic carbocycles. The fraction of sp³-hybridized carbons (Fsp3) is 0.385. The zero-order valence-corrected chi connectivity index (χ0v) is 10.4. The van der Waals surface area contributed by atoms with Crippen LogP contribution in [-0.2, 0) is 11.8 Å². The summed E-state index contributed by atoms with van der Waals surface area (Å²) in [5, 5.41) is 3.99. The number of benzene rings is 1. The second-order valence-corrected chi connectivity index (χ2v) is 5.14. The number of nitrogens with zero attached hydrogens (tertiary/aromatic N) is 2. The molecular formula is C13H17N3O. The highest BCUT2D eigenvalue weighted by Gasteiger charge is 2.21. The van der Waals surface area contributed by atoms with Crippen molar-refractivity contribution >= 4 is 5.69 Å². The summed E-state index contributed by atoms with van der Waals surface area (Å²) in [6.45, 7) is 6.16. The monoisotopic (exact) mass is 231 g/mol. The van der Waals surface area contributed by atoms with E-state index in [-0.39, 0.29) is 5.41 Å². The molecule has 0 radical (unpaired) electrons. The molecule has 17 heavy (non-hydrogen) atoms. The van der Waals surface area contributed by atoms with Gasteiger partial charge in [-0.2, -0.15) is 4.98 Å². The Balaban J connectivity index is 2.21. The summed E-state index contributed by atoms with van der Waals surface area (Å²) in [4.78, 5) is 4.38. The molecule has 2 N–H and O–H groups in total. The normalized spacial score (nSPS) is 11.7. The molecule has 2 aromatic rings.